The van der Waals surface area contributed by atoms with E-state index in [9.17, 15) is 8.42 Å². The summed E-state index contributed by atoms with van der Waals surface area (Å²) in [7, 11) is -1.65. The minimum Gasteiger partial charge on any atom is -0.364 e. The van der Waals surface area contributed by atoms with Gasteiger partial charge in [0.05, 0.1) is 5.69 Å². The van der Waals surface area contributed by atoms with Crippen LogP contribution in [0.15, 0.2) is 57.1 Å². The van der Waals surface area contributed by atoms with Crippen LogP contribution in [0.3, 0.4) is 0 Å². The third-order valence-corrected chi connectivity index (χ3v) is 7.52. The fourth-order valence-electron chi connectivity index (χ4n) is 3.11. The number of hydrogen-bond acceptors (Lipinski definition) is 6. The van der Waals surface area contributed by atoms with Crippen molar-refractivity contribution in [2.45, 2.75) is 22.8 Å². The Morgan fingerprint density at radius 1 is 1.24 bits per heavy atom. The Morgan fingerprint density at radius 2 is 1.97 bits per heavy atom. The molecule has 1 aliphatic rings. The zero-order valence-electron chi connectivity index (χ0n) is 16.7. The van der Waals surface area contributed by atoms with Gasteiger partial charge in [-0.3, -0.25) is 4.99 Å². The van der Waals surface area contributed by atoms with E-state index in [4.69, 9.17) is 4.52 Å². The van der Waals surface area contributed by atoms with Crippen LogP contribution in [0.25, 0.3) is 0 Å². The summed E-state index contributed by atoms with van der Waals surface area (Å²) in [5, 5.41) is 7.49. The van der Waals surface area contributed by atoms with Gasteiger partial charge >= 0.3 is 0 Å². The van der Waals surface area contributed by atoms with E-state index in [-0.39, 0.29) is 5.75 Å². The van der Waals surface area contributed by atoms with Gasteiger partial charge in [0.15, 0.2) is 5.96 Å². The summed E-state index contributed by atoms with van der Waals surface area (Å²) in [6, 6.07) is 11.9. The van der Waals surface area contributed by atoms with Gasteiger partial charge in [-0.2, -0.15) is 4.31 Å². The van der Waals surface area contributed by atoms with Crippen molar-refractivity contribution in [3.63, 3.8) is 0 Å². The second kappa shape index (κ2) is 10.1. The molecule has 8 nitrogen and oxygen atoms in total. The van der Waals surface area contributed by atoms with Gasteiger partial charge in [0.1, 0.15) is 12.0 Å². The standard InChI is InChI=1S/C19H27N5O3S2/c1-16(28-18-6-4-3-5-7-18)14-21-19(20-2)23-9-11-24(12-10-23)29(25,26)15-17-8-13-27-22-17/h3-8,13,16H,9-12,14-15H2,1-2H3,(H,20,21). The van der Waals surface area contributed by atoms with E-state index >= 15 is 0 Å². The highest BCUT2D eigenvalue weighted by Crippen LogP contribution is 2.22. The van der Waals surface area contributed by atoms with Gasteiger partial charge in [0.25, 0.3) is 0 Å². The molecule has 0 amide bonds. The third-order valence-electron chi connectivity index (χ3n) is 4.59. The molecule has 2 aromatic rings. The predicted molar refractivity (Wildman–Crippen MR) is 115 cm³/mol. The number of aliphatic imine (C=N–C) groups is 1. The van der Waals surface area contributed by atoms with Crippen LogP contribution in [0, 0.1) is 0 Å². The summed E-state index contributed by atoms with van der Waals surface area (Å²) in [6.45, 7) is 4.99. The molecule has 0 spiro atoms. The molecule has 1 aromatic heterocycles. The van der Waals surface area contributed by atoms with E-state index in [0.717, 1.165) is 12.5 Å². The summed E-state index contributed by atoms with van der Waals surface area (Å²) in [5.41, 5.74) is 0.426. The monoisotopic (exact) mass is 437 g/mol. The van der Waals surface area contributed by atoms with Crippen molar-refractivity contribution < 1.29 is 12.9 Å². The van der Waals surface area contributed by atoms with Gasteiger partial charge in [-0.1, -0.05) is 30.3 Å². The Balaban J connectivity index is 1.47. The van der Waals surface area contributed by atoms with Crippen molar-refractivity contribution >= 4 is 27.7 Å². The number of nitrogens with zero attached hydrogens (tertiary/aromatic N) is 4. The number of sulfonamides is 1. The number of rotatable bonds is 7. The molecule has 1 fully saturated rings. The minimum atomic E-state index is -3.40. The molecule has 1 unspecified atom stereocenters. The van der Waals surface area contributed by atoms with E-state index in [1.54, 1.807) is 13.1 Å². The average Bonchev–Trinajstić information content (AvgIpc) is 3.22. The Hall–Kier alpha value is -2.04. The van der Waals surface area contributed by atoms with Crippen LogP contribution in [0.2, 0.25) is 0 Å². The molecule has 3 rings (SSSR count). The Morgan fingerprint density at radius 3 is 2.59 bits per heavy atom. The lowest BCUT2D eigenvalue weighted by atomic mass is 10.4. The zero-order chi connectivity index (χ0) is 20.7. The van der Waals surface area contributed by atoms with Gasteiger partial charge in [-0.15, -0.1) is 11.8 Å². The van der Waals surface area contributed by atoms with Crippen LogP contribution in [-0.4, -0.2) is 73.8 Å². The van der Waals surface area contributed by atoms with Crippen molar-refractivity contribution in [3.8, 4) is 0 Å². The molecular formula is C19H27N5O3S2. The molecule has 0 bridgehead atoms. The molecule has 158 valence electrons. The van der Waals surface area contributed by atoms with Gasteiger partial charge in [-0.05, 0) is 12.1 Å². The Kier molecular flexibility index (Phi) is 7.57. The summed E-state index contributed by atoms with van der Waals surface area (Å²) in [4.78, 5) is 7.71. The first-order valence-electron chi connectivity index (χ1n) is 9.52. The van der Waals surface area contributed by atoms with Crippen LogP contribution in [0.1, 0.15) is 12.6 Å². The van der Waals surface area contributed by atoms with Gasteiger partial charge in [0.2, 0.25) is 10.0 Å². The highest BCUT2D eigenvalue weighted by atomic mass is 32.2. The molecule has 0 radical (unpaired) electrons. The van der Waals surface area contributed by atoms with Gasteiger partial charge in [-0.25, -0.2) is 8.42 Å². The normalized spacial score (nSPS) is 17.3. The van der Waals surface area contributed by atoms with E-state index < -0.39 is 10.0 Å². The largest absolute Gasteiger partial charge is 0.364 e. The SMILES string of the molecule is CN=C(NCC(C)Sc1ccccc1)N1CCN(S(=O)(=O)Cc2ccon2)CC1. The highest BCUT2D eigenvalue weighted by Gasteiger charge is 2.29. The zero-order valence-corrected chi connectivity index (χ0v) is 18.3. The smallest absolute Gasteiger partial charge is 0.220 e. The Bertz CT molecular complexity index is 880. The second-order valence-corrected chi connectivity index (χ2v) is 10.3. The number of aromatic nitrogens is 1. The number of nitrogens with one attached hydrogen (secondary N) is 1. The highest BCUT2D eigenvalue weighted by molar-refractivity contribution is 8.00. The van der Waals surface area contributed by atoms with E-state index in [2.05, 4.69) is 39.4 Å². The van der Waals surface area contributed by atoms with E-state index in [0.29, 0.717) is 37.1 Å². The molecule has 0 aliphatic carbocycles. The first-order chi connectivity index (χ1) is 14.0. The van der Waals surface area contributed by atoms with Crippen molar-refractivity contribution in [2.24, 2.45) is 4.99 Å². The summed E-state index contributed by atoms with van der Waals surface area (Å²) in [5.74, 6) is 0.670. The number of benzene rings is 1. The molecule has 10 heteroatoms. The Labute approximate surface area is 176 Å². The quantitative estimate of drug-likeness (QED) is 0.402. The van der Waals surface area contributed by atoms with Crippen LogP contribution in [0.4, 0.5) is 0 Å². The molecule has 1 saturated heterocycles. The van der Waals surface area contributed by atoms with Crippen LogP contribution >= 0.6 is 11.8 Å². The minimum absolute atomic E-state index is 0.134. The first-order valence-corrected chi connectivity index (χ1v) is 12.0. The van der Waals surface area contributed by atoms with Crippen LogP contribution < -0.4 is 5.32 Å². The molecular weight excluding hydrogens is 410 g/mol. The topological polar surface area (TPSA) is 91.0 Å². The number of guanidine groups is 1. The van der Waals surface area contributed by atoms with Crippen molar-refractivity contribution in [2.75, 3.05) is 39.8 Å². The van der Waals surface area contributed by atoms with Crippen LogP contribution in [0.5, 0.6) is 0 Å². The maximum atomic E-state index is 12.6. The lowest BCUT2D eigenvalue weighted by molar-refractivity contribution is 0.260. The molecule has 29 heavy (non-hydrogen) atoms. The third kappa shape index (κ3) is 6.22. The first kappa shape index (κ1) is 21.7. The van der Waals surface area contributed by atoms with E-state index in [1.165, 1.54) is 15.5 Å². The predicted octanol–water partition coefficient (Wildman–Crippen LogP) is 1.88. The molecule has 1 N–H and O–H groups in total. The van der Waals surface area contributed by atoms with Crippen LogP contribution in [-0.2, 0) is 15.8 Å². The van der Waals surface area contributed by atoms with E-state index in [1.807, 2.05) is 30.0 Å². The molecule has 0 saturated carbocycles. The van der Waals surface area contributed by atoms with Crippen molar-refractivity contribution in [1.29, 1.82) is 0 Å². The second-order valence-electron chi connectivity index (χ2n) is 6.80. The molecule has 2 heterocycles. The van der Waals surface area contributed by atoms with Gasteiger partial charge < -0.3 is 14.7 Å². The number of piperazine rings is 1. The average molecular weight is 438 g/mol. The lowest BCUT2D eigenvalue weighted by Gasteiger charge is -2.36. The fraction of sp³-hybridized carbons (Fsp3) is 0.474. The van der Waals surface area contributed by atoms with Crippen molar-refractivity contribution in [3.05, 3.63) is 48.4 Å². The summed E-state index contributed by atoms with van der Waals surface area (Å²) in [6.07, 6.45) is 1.38. The maximum Gasteiger partial charge on any atom is 0.220 e. The fourth-order valence-corrected chi connectivity index (χ4v) is 5.48. The summed E-state index contributed by atoms with van der Waals surface area (Å²) >= 11 is 1.81. The van der Waals surface area contributed by atoms with Gasteiger partial charge in [0, 0.05) is 56.0 Å². The molecule has 1 atom stereocenters. The lowest BCUT2D eigenvalue weighted by Crippen LogP contribution is -2.54. The number of thioether (sulfide) groups is 1. The maximum absolute atomic E-state index is 12.6. The molecule has 1 aromatic carbocycles. The molecule has 1 aliphatic heterocycles. The number of hydrogen-bond donors (Lipinski definition) is 1. The van der Waals surface area contributed by atoms with Crippen molar-refractivity contribution in [1.82, 2.24) is 19.7 Å². The summed E-state index contributed by atoms with van der Waals surface area (Å²) < 4.78 is 31.4.